The molecule has 1 unspecified atom stereocenters. The van der Waals surface area contributed by atoms with Crippen LogP contribution >= 0.6 is 0 Å². The molecule has 1 aliphatic heterocycles. The number of hydrogen-bond donors (Lipinski definition) is 1. The van der Waals surface area contributed by atoms with Crippen LogP contribution in [0.1, 0.15) is 30.7 Å². The maximum absolute atomic E-state index is 5.25. The number of aryl methyl sites for hydroxylation is 1. The molecule has 2 aromatic rings. The summed E-state index contributed by atoms with van der Waals surface area (Å²) in [5.41, 5.74) is 1.37. The fraction of sp³-hybridized carbons (Fsp3) is 0.526. The molecule has 0 saturated carbocycles. The molecule has 3 rings (SSSR count). The lowest BCUT2D eigenvalue weighted by Gasteiger charge is -2.22. The third-order valence-electron chi connectivity index (χ3n) is 4.88. The maximum atomic E-state index is 5.25. The van der Waals surface area contributed by atoms with Crippen molar-refractivity contribution in [1.29, 1.82) is 0 Å². The van der Waals surface area contributed by atoms with E-state index in [2.05, 4.69) is 37.5 Å². The zero-order valence-corrected chi connectivity index (χ0v) is 15.6. The minimum Gasteiger partial charge on any atom is -0.497 e. The van der Waals surface area contributed by atoms with Crippen LogP contribution in [0.3, 0.4) is 0 Å². The number of likely N-dealkylation sites (tertiary alicyclic amines) is 1. The van der Waals surface area contributed by atoms with Gasteiger partial charge in [-0.05, 0) is 37.0 Å². The predicted molar refractivity (Wildman–Crippen MR) is 103 cm³/mol. The third-order valence-corrected chi connectivity index (χ3v) is 4.88. The van der Waals surface area contributed by atoms with Gasteiger partial charge in [0.15, 0.2) is 5.96 Å². The predicted octanol–water partition coefficient (Wildman–Crippen LogP) is 2.13. The fourth-order valence-electron chi connectivity index (χ4n) is 3.39. The Labute approximate surface area is 155 Å². The second-order valence-corrected chi connectivity index (χ2v) is 6.59. The van der Waals surface area contributed by atoms with Crippen LogP contribution in [-0.2, 0) is 6.54 Å². The highest BCUT2D eigenvalue weighted by atomic mass is 16.5. The molecule has 1 N–H and O–H groups in total. The second-order valence-electron chi connectivity index (χ2n) is 6.59. The summed E-state index contributed by atoms with van der Waals surface area (Å²) in [4.78, 5) is 6.82. The van der Waals surface area contributed by atoms with Gasteiger partial charge in [0.2, 0.25) is 0 Å². The van der Waals surface area contributed by atoms with E-state index < -0.39 is 0 Å². The topological polar surface area (TPSA) is 67.6 Å². The van der Waals surface area contributed by atoms with E-state index in [-0.39, 0.29) is 0 Å². The van der Waals surface area contributed by atoms with Gasteiger partial charge in [-0.3, -0.25) is 4.99 Å². The van der Waals surface area contributed by atoms with Crippen LogP contribution < -0.4 is 10.1 Å². The number of benzene rings is 1. The number of unbranched alkanes of at least 4 members (excludes halogenated alkanes) is 1. The zero-order chi connectivity index (χ0) is 18.2. The molecule has 1 atom stereocenters. The Morgan fingerprint density at radius 3 is 2.69 bits per heavy atom. The van der Waals surface area contributed by atoms with Crippen molar-refractivity contribution in [3.8, 4) is 5.75 Å². The molecular formula is C19H28N6O. The largest absolute Gasteiger partial charge is 0.497 e. The summed E-state index contributed by atoms with van der Waals surface area (Å²) in [5, 5.41) is 11.1. The van der Waals surface area contributed by atoms with Gasteiger partial charge in [0.05, 0.1) is 7.11 Å². The van der Waals surface area contributed by atoms with Gasteiger partial charge in [-0.15, -0.1) is 10.2 Å². The van der Waals surface area contributed by atoms with Gasteiger partial charge in [-0.2, -0.15) is 0 Å². The first-order valence-corrected chi connectivity index (χ1v) is 9.22. The Morgan fingerprint density at radius 2 is 2.00 bits per heavy atom. The minimum absolute atomic E-state index is 0.549. The quantitative estimate of drug-likeness (QED) is 0.468. The number of aromatic nitrogens is 3. The van der Waals surface area contributed by atoms with E-state index in [0.29, 0.717) is 5.92 Å². The molecule has 0 spiro atoms. The van der Waals surface area contributed by atoms with Gasteiger partial charge in [0.1, 0.15) is 18.4 Å². The van der Waals surface area contributed by atoms with Crippen LogP contribution in [0.2, 0.25) is 0 Å². The molecule has 0 amide bonds. The summed E-state index contributed by atoms with van der Waals surface area (Å²) in [6, 6.07) is 8.43. The lowest BCUT2D eigenvalue weighted by atomic mass is 9.98. The SMILES string of the molecule is CN=C(NCCCCn1cnnc1)N1CCC(c2ccc(OC)cc2)C1. The van der Waals surface area contributed by atoms with E-state index in [9.17, 15) is 0 Å². The molecule has 1 fully saturated rings. The normalized spacial score (nSPS) is 17.5. The molecule has 1 aliphatic rings. The summed E-state index contributed by atoms with van der Waals surface area (Å²) >= 11 is 0. The Bertz CT molecular complexity index is 683. The first-order chi connectivity index (χ1) is 12.8. The highest BCUT2D eigenvalue weighted by Gasteiger charge is 2.25. The average molecular weight is 356 g/mol. The first-order valence-electron chi connectivity index (χ1n) is 9.22. The van der Waals surface area contributed by atoms with E-state index >= 15 is 0 Å². The van der Waals surface area contributed by atoms with Gasteiger partial charge in [-0.1, -0.05) is 12.1 Å². The molecule has 1 saturated heterocycles. The molecular weight excluding hydrogens is 328 g/mol. The van der Waals surface area contributed by atoms with Gasteiger partial charge >= 0.3 is 0 Å². The molecule has 26 heavy (non-hydrogen) atoms. The molecule has 2 heterocycles. The van der Waals surface area contributed by atoms with E-state index in [1.165, 1.54) is 5.56 Å². The van der Waals surface area contributed by atoms with Crippen LogP contribution in [0.5, 0.6) is 5.75 Å². The Balaban J connectivity index is 1.42. The summed E-state index contributed by atoms with van der Waals surface area (Å²) < 4.78 is 7.26. The zero-order valence-electron chi connectivity index (χ0n) is 15.6. The molecule has 7 heteroatoms. The number of nitrogens with one attached hydrogen (secondary N) is 1. The minimum atomic E-state index is 0.549. The van der Waals surface area contributed by atoms with Crippen LogP contribution in [-0.4, -0.2) is 59.4 Å². The highest BCUT2D eigenvalue weighted by Crippen LogP contribution is 2.28. The van der Waals surface area contributed by atoms with Gasteiger partial charge in [0.25, 0.3) is 0 Å². The fourth-order valence-corrected chi connectivity index (χ4v) is 3.39. The van der Waals surface area contributed by atoms with Crippen molar-refractivity contribution in [3.63, 3.8) is 0 Å². The van der Waals surface area contributed by atoms with Crippen molar-refractivity contribution in [2.24, 2.45) is 4.99 Å². The molecule has 1 aromatic carbocycles. The Morgan fingerprint density at radius 1 is 1.23 bits per heavy atom. The average Bonchev–Trinajstić information content (AvgIpc) is 3.37. The lowest BCUT2D eigenvalue weighted by molar-refractivity contribution is 0.414. The standard InChI is InChI=1S/C19H28N6O/c1-20-19(21-10-3-4-11-24-14-22-23-15-24)25-12-9-17(13-25)16-5-7-18(26-2)8-6-16/h5-8,14-15,17H,3-4,9-13H2,1-2H3,(H,20,21). The number of nitrogens with zero attached hydrogens (tertiary/aromatic N) is 5. The Kier molecular flexibility index (Phi) is 6.46. The van der Waals surface area contributed by atoms with Gasteiger partial charge in [-0.25, -0.2) is 0 Å². The van der Waals surface area contributed by atoms with Crippen LogP contribution in [0.4, 0.5) is 0 Å². The number of rotatable bonds is 7. The van der Waals surface area contributed by atoms with Crippen LogP contribution in [0.25, 0.3) is 0 Å². The van der Waals surface area contributed by atoms with E-state index in [1.807, 2.05) is 23.7 Å². The van der Waals surface area contributed by atoms with Crippen molar-refractivity contribution in [1.82, 2.24) is 25.0 Å². The highest BCUT2D eigenvalue weighted by molar-refractivity contribution is 5.80. The number of guanidine groups is 1. The molecule has 7 nitrogen and oxygen atoms in total. The number of hydrogen-bond acceptors (Lipinski definition) is 4. The van der Waals surface area contributed by atoms with E-state index in [1.54, 1.807) is 19.8 Å². The summed E-state index contributed by atoms with van der Waals surface area (Å²) in [6.07, 6.45) is 6.86. The van der Waals surface area contributed by atoms with Crippen LogP contribution in [0, 0.1) is 0 Å². The van der Waals surface area contributed by atoms with Crippen molar-refractivity contribution in [3.05, 3.63) is 42.5 Å². The Hall–Kier alpha value is -2.57. The molecule has 1 aromatic heterocycles. The first kappa shape index (κ1) is 18.2. The van der Waals surface area contributed by atoms with E-state index in [0.717, 1.165) is 57.2 Å². The van der Waals surface area contributed by atoms with Crippen molar-refractivity contribution < 1.29 is 4.74 Å². The molecule has 140 valence electrons. The molecule has 0 aliphatic carbocycles. The lowest BCUT2D eigenvalue weighted by Crippen LogP contribution is -2.40. The summed E-state index contributed by atoms with van der Waals surface area (Å²) in [6.45, 7) is 3.93. The van der Waals surface area contributed by atoms with Crippen molar-refractivity contribution >= 4 is 5.96 Å². The maximum Gasteiger partial charge on any atom is 0.193 e. The number of ether oxygens (including phenoxy) is 1. The second kappa shape index (κ2) is 9.22. The number of aliphatic imine (C=N–C) groups is 1. The number of methoxy groups -OCH3 is 1. The third kappa shape index (κ3) is 4.74. The van der Waals surface area contributed by atoms with Crippen LogP contribution in [0.15, 0.2) is 41.9 Å². The van der Waals surface area contributed by atoms with E-state index in [4.69, 9.17) is 4.74 Å². The van der Waals surface area contributed by atoms with Crippen molar-refractivity contribution in [2.45, 2.75) is 31.7 Å². The summed E-state index contributed by atoms with van der Waals surface area (Å²) in [7, 11) is 3.56. The molecule has 0 radical (unpaired) electrons. The molecule has 0 bridgehead atoms. The van der Waals surface area contributed by atoms with Gasteiger partial charge < -0.3 is 19.5 Å². The smallest absolute Gasteiger partial charge is 0.193 e. The van der Waals surface area contributed by atoms with Gasteiger partial charge in [0, 0.05) is 39.1 Å². The van der Waals surface area contributed by atoms with Crippen molar-refractivity contribution in [2.75, 3.05) is 33.8 Å². The monoisotopic (exact) mass is 356 g/mol. The summed E-state index contributed by atoms with van der Waals surface area (Å²) in [5.74, 6) is 2.46.